The molecule has 2 unspecified atom stereocenters. The first-order valence-electron chi connectivity index (χ1n) is 7.55. The van der Waals surface area contributed by atoms with Gasteiger partial charge in [-0.25, -0.2) is 0 Å². The fourth-order valence-corrected chi connectivity index (χ4v) is 3.00. The monoisotopic (exact) mass is 302 g/mol. The van der Waals surface area contributed by atoms with Gasteiger partial charge in [-0.05, 0) is 20.3 Å². The number of morpholine rings is 1. The summed E-state index contributed by atoms with van der Waals surface area (Å²) in [6.45, 7) is 14.4. The molecule has 20 heavy (non-hydrogen) atoms. The molecule has 0 spiro atoms. The molecule has 0 aromatic rings. The summed E-state index contributed by atoms with van der Waals surface area (Å²) in [5, 5.41) is 3.00. The summed E-state index contributed by atoms with van der Waals surface area (Å²) in [4.78, 5) is 14.1. The van der Waals surface area contributed by atoms with E-state index in [1.165, 1.54) is 0 Å². The number of nitrogens with one attached hydrogen (secondary N) is 1. The van der Waals surface area contributed by atoms with Crippen molar-refractivity contribution in [3.05, 3.63) is 0 Å². The molecule has 1 aliphatic rings. The molecular formula is C15H30N2O2S. The lowest BCUT2D eigenvalue weighted by Gasteiger charge is -2.35. The number of thioether (sulfide) groups is 1. The van der Waals surface area contributed by atoms with E-state index in [0.717, 1.165) is 32.6 Å². The first-order chi connectivity index (χ1) is 9.26. The van der Waals surface area contributed by atoms with Crippen LogP contribution in [0, 0.1) is 0 Å². The van der Waals surface area contributed by atoms with Crippen LogP contribution < -0.4 is 5.32 Å². The van der Waals surface area contributed by atoms with E-state index in [1.807, 2.05) is 0 Å². The Morgan fingerprint density at radius 1 is 1.30 bits per heavy atom. The molecular weight excluding hydrogens is 272 g/mol. The third kappa shape index (κ3) is 8.12. The minimum atomic E-state index is 0.147. The number of hydrogen-bond acceptors (Lipinski definition) is 4. The highest BCUT2D eigenvalue weighted by Gasteiger charge is 2.21. The molecule has 0 aromatic carbocycles. The minimum absolute atomic E-state index is 0.147. The largest absolute Gasteiger partial charge is 0.373 e. The van der Waals surface area contributed by atoms with Crippen molar-refractivity contribution < 1.29 is 9.53 Å². The number of rotatable bonds is 6. The molecule has 4 nitrogen and oxygen atoms in total. The Morgan fingerprint density at radius 2 is 1.90 bits per heavy atom. The van der Waals surface area contributed by atoms with Gasteiger partial charge in [0.05, 0.1) is 18.0 Å². The third-order valence-corrected chi connectivity index (χ3v) is 4.38. The SMILES string of the molecule is CC1CN(CCCNC(=O)CSC(C)(C)C)CC(C)O1. The fourth-order valence-electron chi connectivity index (χ4n) is 2.33. The lowest BCUT2D eigenvalue weighted by Crippen LogP contribution is -2.46. The molecule has 118 valence electrons. The topological polar surface area (TPSA) is 41.6 Å². The Morgan fingerprint density at radius 3 is 2.45 bits per heavy atom. The molecule has 1 rings (SSSR count). The summed E-state index contributed by atoms with van der Waals surface area (Å²) in [6, 6.07) is 0. The second-order valence-electron chi connectivity index (χ2n) is 6.62. The van der Waals surface area contributed by atoms with Crippen molar-refractivity contribution in [1.82, 2.24) is 10.2 Å². The molecule has 0 radical (unpaired) electrons. The van der Waals surface area contributed by atoms with Crippen LogP contribution >= 0.6 is 11.8 Å². The summed E-state index contributed by atoms with van der Waals surface area (Å²) in [5.41, 5.74) is 0. The second kappa shape index (κ2) is 8.25. The molecule has 1 N–H and O–H groups in total. The van der Waals surface area contributed by atoms with Crippen molar-refractivity contribution in [2.45, 2.75) is 58.0 Å². The van der Waals surface area contributed by atoms with E-state index in [9.17, 15) is 4.79 Å². The Labute approximate surface area is 128 Å². The van der Waals surface area contributed by atoms with E-state index >= 15 is 0 Å². The van der Waals surface area contributed by atoms with Crippen LogP contribution in [0.3, 0.4) is 0 Å². The quantitative estimate of drug-likeness (QED) is 0.763. The van der Waals surface area contributed by atoms with Gasteiger partial charge in [-0.2, -0.15) is 0 Å². The van der Waals surface area contributed by atoms with E-state index in [-0.39, 0.29) is 10.7 Å². The molecule has 1 amide bonds. The predicted octanol–water partition coefficient (Wildman–Crippen LogP) is 2.13. The van der Waals surface area contributed by atoms with Gasteiger partial charge >= 0.3 is 0 Å². The zero-order valence-corrected chi connectivity index (χ0v) is 14.4. The number of nitrogens with zero attached hydrogens (tertiary/aromatic N) is 1. The van der Waals surface area contributed by atoms with E-state index in [0.29, 0.717) is 18.0 Å². The molecule has 0 aliphatic carbocycles. The van der Waals surface area contributed by atoms with Gasteiger partial charge in [-0.3, -0.25) is 9.69 Å². The molecule has 2 atom stereocenters. The van der Waals surface area contributed by atoms with Crippen LogP contribution in [0.15, 0.2) is 0 Å². The molecule has 5 heteroatoms. The molecule has 0 bridgehead atoms. The first-order valence-corrected chi connectivity index (χ1v) is 8.53. The fraction of sp³-hybridized carbons (Fsp3) is 0.933. The maximum absolute atomic E-state index is 11.7. The van der Waals surface area contributed by atoms with Crippen molar-refractivity contribution in [2.75, 3.05) is 31.9 Å². The summed E-state index contributed by atoms with van der Waals surface area (Å²) in [7, 11) is 0. The molecule has 1 saturated heterocycles. The Balaban J connectivity index is 2.08. The van der Waals surface area contributed by atoms with Crippen LogP contribution in [0.2, 0.25) is 0 Å². The van der Waals surface area contributed by atoms with Crippen molar-refractivity contribution >= 4 is 17.7 Å². The Hall–Kier alpha value is -0.260. The van der Waals surface area contributed by atoms with Gasteiger partial charge in [-0.1, -0.05) is 20.8 Å². The van der Waals surface area contributed by atoms with Crippen LogP contribution in [-0.2, 0) is 9.53 Å². The van der Waals surface area contributed by atoms with Crippen LogP contribution in [0.25, 0.3) is 0 Å². The average Bonchev–Trinajstić information content (AvgIpc) is 2.30. The highest BCUT2D eigenvalue weighted by atomic mass is 32.2. The van der Waals surface area contributed by atoms with E-state index in [1.54, 1.807) is 11.8 Å². The summed E-state index contributed by atoms with van der Waals surface area (Å²) < 4.78 is 5.86. The zero-order valence-electron chi connectivity index (χ0n) is 13.6. The second-order valence-corrected chi connectivity index (χ2v) is 8.42. The molecule has 0 saturated carbocycles. The molecule has 1 aliphatic heterocycles. The summed E-state index contributed by atoms with van der Waals surface area (Å²) in [6.07, 6.45) is 1.64. The van der Waals surface area contributed by atoms with Gasteiger partial charge in [0.15, 0.2) is 0 Å². The van der Waals surface area contributed by atoms with E-state index < -0.39 is 0 Å². The van der Waals surface area contributed by atoms with E-state index in [4.69, 9.17) is 4.74 Å². The smallest absolute Gasteiger partial charge is 0.230 e. The number of ether oxygens (including phenoxy) is 1. The number of hydrogen-bond donors (Lipinski definition) is 1. The van der Waals surface area contributed by atoms with Gasteiger partial charge < -0.3 is 10.1 Å². The molecule has 1 heterocycles. The summed E-state index contributed by atoms with van der Waals surface area (Å²) in [5.74, 6) is 0.698. The lowest BCUT2D eigenvalue weighted by molar-refractivity contribution is -0.118. The van der Waals surface area contributed by atoms with Crippen molar-refractivity contribution in [3.63, 3.8) is 0 Å². The Kier molecular flexibility index (Phi) is 7.34. The van der Waals surface area contributed by atoms with Crippen molar-refractivity contribution in [3.8, 4) is 0 Å². The lowest BCUT2D eigenvalue weighted by atomic mass is 10.2. The Bertz CT molecular complexity index is 295. The highest BCUT2D eigenvalue weighted by Crippen LogP contribution is 2.22. The highest BCUT2D eigenvalue weighted by molar-refractivity contribution is 8.01. The first kappa shape index (κ1) is 17.8. The van der Waals surface area contributed by atoms with E-state index in [2.05, 4.69) is 44.8 Å². The van der Waals surface area contributed by atoms with Gasteiger partial charge in [0.2, 0.25) is 5.91 Å². The van der Waals surface area contributed by atoms with Crippen LogP contribution in [-0.4, -0.2) is 59.7 Å². The zero-order chi connectivity index (χ0) is 15.2. The molecule has 0 aromatic heterocycles. The van der Waals surface area contributed by atoms with Crippen LogP contribution in [0.5, 0.6) is 0 Å². The third-order valence-electron chi connectivity index (χ3n) is 3.10. The average molecular weight is 302 g/mol. The van der Waals surface area contributed by atoms with Crippen molar-refractivity contribution in [2.24, 2.45) is 0 Å². The maximum atomic E-state index is 11.7. The number of carbonyl (C=O) groups is 1. The van der Waals surface area contributed by atoms with Crippen LogP contribution in [0.4, 0.5) is 0 Å². The standard InChI is InChI=1S/C15H30N2O2S/c1-12-9-17(10-13(2)19-12)8-6-7-16-14(18)11-20-15(3,4)5/h12-13H,6-11H2,1-5H3,(H,16,18). The number of carbonyl (C=O) groups excluding carboxylic acids is 1. The molecule has 1 fully saturated rings. The number of amides is 1. The van der Waals surface area contributed by atoms with Gasteiger partial charge in [0.1, 0.15) is 0 Å². The maximum Gasteiger partial charge on any atom is 0.230 e. The predicted molar refractivity (Wildman–Crippen MR) is 86.3 cm³/mol. The minimum Gasteiger partial charge on any atom is -0.373 e. The van der Waals surface area contributed by atoms with Crippen LogP contribution in [0.1, 0.15) is 41.0 Å². The van der Waals surface area contributed by atoms with Gasteiger partial charge in [-0.15, -0.1) is 11.8 Å². The normalized spacial score (nSPS) is 24.6. The summed E-state index contributed by atoms with van der Waals surface area (Å²) >= 11 is 1.69. The van der Waals surface area contributed by atoms with Gasteiger partial charge in [0.25, 0.3) is 0 Å². The van der Waals surface area contributed by atoms with Crippen molar-refractivity contribution in [1.29, 1.82) is 0 Å². The van der Waals surface area contributed by atoms with Gasteiger partial charge in [0, 0.05) is 30.9 Å².